The highest BCUT2D eigenvalue weighted by atomic mass is 32.2. The molecule has 21 heavy (non-hydrogen) atoms. The zero-order valence-corrected chi connectivity index (χ0v) is 12.4. The molecule has 0 fully saturated rings. The van der Waals surface area contributed by atoms with Crippen LogP contribution in [0.5, 0.6) is 0 Å². The van der Waals surface area contributed by atoms with Gasteiger partial charge in [0.25, 0.3) is 0 Å². The minimum absolute atomic E-state index is 0.233. The lowest BCUT2D eigenvalue weighted by molar-refractivity contribution is 0.0863. The summed E-state index contributed by atoms with van der Waals surface area (Å²) in [5.41, 5.74) is 1.15. The lowest BCUT2D eigenvalue weighted by Gasteiger charge is -2.07. The van der Waals surface area contributed by atoms with Crippen LogP contribution < -0.4 is 5.32 Å². The van der Waals surface area contributed by atoms with E-state index in [1.807, 2.05) is 24.5 Å². The maximum absolute atomic E-state index is 11.8. The molecular weight excluding hydrogens is 286 g/mol. The fourth-order valence-corrected chi connectivity index (χ4v) is 2.08. The highest BCUT2D eigenvalue weighted by molar-refractivity contribution is 7.98. The van der Waals surface area contributed by atoms with Gasteiger partial charge in [0.1, 0.15) is 0 Å². The predicted molar refractivity (Wildman–Crippen MR) is 84.0 cm³/mol. The molecular formula is C16H15NO3S. The van der Waals surface area contributed by atoms with E-state index >= 15 is 0 Å². The van der Waals surface area contributed by atoms with Gasteiger partial charge in [-0.15, -0.1) is 11.8 Å². The van der Waals surface area contributed by atoms with E-state index in [2.05, 4.69) is 5.32 Å². The van der Waals surface area contributed by atoms with Crippen LogP contribution in [0.15, 0.2) is 59.5 Å². The molecule has 0 bridgehead atoms. The Kier molecular flexibility index (Phi) is 5.40. The van der Waals surface area contributed by atoms with Gasteiger partial charge in [-0.3, -0.25) is 10.1 Å². The minimum atomic E-state index is -0.642. The molecule has 108 valence electrons. The number of amides is 1. The number of ketones is 1. The van der Waals surface area contributed by atoms with E-state index in [4.69, 9.17) is 4.74 Å². The van der Waals surface area contributed by atoms with Crippen molar-refractivity contribution in [3.63, 3.8) is 0 Å². The third kappa shape index (κ3) is 4.65. The molecule has 0 saturated carbocycles. The number of Topliss-reactive ketones (excluding diaryl/α,β-unsaturated/α-hetero) is 1. The summed E-state index contributed by atoms with van der Waals surface area (Å²) in [6, 6.07) is 16.1. The smallest absolute Gasteiger partial charge is 0.412 e. The van der Waals surface area contributed by atoms with E-state index in [1.54, 1.807) is 48.2 Å². The van der Waals surface area contributed by atoms with Crippen molar-refractivity contribution in [2.75, 3.05) is 18.2 Å². The van der Waals surface area contributed by atoms with Crippen LogP contribution in [0.2, 0.25) is 0 Å². The molecule has 0 atom stereocenters. The van der Waals surface area contributed by atoms with Gasteiger partial charge in [0.15, 0.2) is 12.4 Å². The van der Waals surface area contributed by atoms with E-state index in [1.165, 1.54) is 0 Å². The average molecular weight is 301 g/mol. The molecule has 1 amide bonds. The highest BCUT2D eigenvalue weighted by Gasteiger charge is 2.09. The first-order valence-corrected chi connectivity index (χ1v) is 7.57. The second-order valence-corrected chi connectivity index (χ2v) is 5.10. The van der Waals surface area contributed by atoms with Crippen molar-refractivity contribution in [3.8, 4) is 0 Å². The average Bonchev–Trinajstić information content (AvgIpc) is 2.54. The summed E-state index contributed by atoms with van der Waals surface area (Å²) in [4.78, 5) is 24.5. The van der Waals surface area contributed by atoms with E-state index in [9.17, 15) is 9.59 Å². The molecule has 0 unspecified atom stereocenters. The van der Waals surface area contributed by atoms with Crippen LogP contribution in [-0.2, 0) is 4.74 Å². The summed E-state index contributed by atoms with van der Waals surface area (Å²) in [7, 11) is 0. The zero-order valence-electron chi connectivity index (χ0n) is 11.5. The number of benzene rings is 2. The third-order valence-electron chi connectivity index (χ3n) is 2.77. The fraction of sp³-hybridized carbons (Fsp3) is 0.125. The Morgan fingerprint density at radius 2 is 1.71 bits per heavy atom. The molecule has 2 aromatic rings. The zero-order chi connectivity index (χ0) is 15.1. The maximum Gasteiger partial charge on any atom is 0.412 e. The van der Waals surface area contributed by atoms with Crippen LogP contribution in [0.25, 0.3) is 0 Å². The number of carbonyl (C=O) groups is 2. The van der Waals surface area contributed by atoms with Crippen molar-refractivity contribution < 1.29 is 14.3 Å². The highest BCUT2D eigenvalue weighted by Crippen LogP contribution is 2.17. The molecule has 0 radical (unpaired) electrons. The number of nitrogens with one attached hydrogen (secondary N) is 1. The first kappa shape index (κ1) is 15.1. The normalized spacial score (nSPS) is 9.95. The lowest BCUT2D eigenvalue weighted by Crippen LogP contribution is -2.18. The van der Waals surface area contributed by atoms with Crippen molar-refractivity contribution in [2.45, 2.75) is 4.90 Å². The number of carbonyl (C=O) groups excluding carboxylic acids is 2. The van der Waals surface area contributed by atoms with Crippen molar-refractivity contribution in [1.29, 1.82) is 0 Å². The number of hydrogen-bond donors (Lipinski definition) is 1. The van der Waals surface area contributed by atoms with Gasteiger partial charge in [-0.1, -0.05) is 30.3 Å². The summed E-state index contributed by atoms with van der Waals surface area (Å²) in [5.74, 6) is -0.233. The minimum Gasteiger partial charge on any atom is -0.441 e. The molecule has 0 aliphatic carbocycles. The van der Waals surface area contributed by atoms with Crippen molar-refractivity contribution in [1.82, 2.24) is 0 Å². The van der Waals surface area contributed by atoms with Gasteiger partial charge in [-0.25, -0.2) is 4.79 Å². The molecule has 0 aliphatic rings. The number of hydrogen-bond acceptors (Lipinski definition) is 4. The lowest BCUT2D eigenvalue weighted by atomic mass is 10.1. The van der Waals surface area contributed by atoms with E-state index in [0.29, 0.717) is 11.3 Å². The summed E-state index contributed by atoms with van der Waals surface area (Å²) in [5, 5.41) is 2.58. The molecule has 0 aromatic heterocycles. The number of rotatable bonds is 5. The summed E-state index contributed by atoms with van der Waals surface area (Å²) < 4.78 is 4.91. The summed E-state index contributed by atoms with van der Waals surface area (Å²) in [6.45, 7) is -0.279. The summed E-state index contributed by atoms with van der Waals surface area (Å²) >= 11 is 1.62. The first-order chi connectivity index (χ1) is 10.2. The fourth-order valence-electron chi connectivity index (χ4n) is 1.67. The number of thioether (sulfide) groups is 1. The Hall–Kier alpha value is -2.27. The molecule has 0 aliphatic heterocycles. The van der Waals surface area contributed by atoms with Gasteiger partial charge < -0.3 is 4.74 Å². The van der Waals surface area contributed by atoms with E-state index in [0.717, 1.165) is 4.90 Å². The Morgan fingerprint density at radius 3 is 2.33 bits per heavy atom. The second-order valence-electron chi connectivity index (χ2n) is 4.22. The van der Waals surface area contributed by atoms with Crippen molar-refractivity contribution in [3.05, 3.63) is 60.2 Å². The molecule has 0 heterocycles. The standard InChI is InChI=1S/C16H15NO3S/c1-21-14-9-7-13(8-10-14)17-16(19)20-11-15(18)12-5-3-2-4-6-12/h2-10H,11H2,1H3,(H,17,19). The van der Waals surface area contributed by atoms with Crippen molar-refractivity contribution >= 4 is 29.3 Å². The second kappa shape index (κ2) is 7.50. The quantitative estimate of drug-likeness (QED) is 0.673. The monoisotopic (exact) mass is 301 g/mol. The van der Waals surface area contributed by atoms with Gasteiger partial charge in [-0.05, 0) is 30.5 Å². The molecule has 4 nitrogen and oxygen atoms in total. The van der Waals surface area contributed by atoms with Crippen molar-refractivity contribution in [2.24, 2.45) is 0 Å². The van der Waals surface area contributed by atoms with Gasteiger partial charge >= 0.3 is 6.09 Å². The van der Waals surface area contributed by atoms with Gasteiger partial charge in [-0.2, -0.15) is 0 Å². The molecule has 2 rings (SSSR count). The Labute approximate surface area is 127 Å². The Balaban J connectivity index is 1.83. The molecule has 2 aromatic carbocycles. The van der Waals surface area contributed by atoms with E-state index in [-0.39, 0.29) is 12.4 Å². The largest absolute Gasteiger partial charge is 0.441 e. The van der Waals surface area contributed by atoms with Crippen LogP contribution >= 0.6 is 11.8 Å². The van der Waals surface area contributed by atoms with Crippen LogP contribution in [0.4, 0.5) is 10.5 Å². The number of anilines is 1. The number of ether oxygens (including phenoxy) is 1. The van der Waals surface area contributed by atoms with Crippen LogP contribution in [0, 0.1) is 0 Å². The van der Waals surface area contributed by atoms with Crippen LogP contribution in [0.1, 0.15) is 10.4 Å². The molecule has 0 spiro atoms. The molecule has 0 saturated heterocycles. The molecule has 5 heteroatoms. The third-order valence-corrected chi connectivity index (χ3v) is 3.51. The van der Waals surface area contributed by atoms with Gasteiger partial charge in [0.05, 0.1) is 0 Å². The maximum atomic E-state index is 11.8. The van der Waals surface area contributed by atoms with Gasteiger partial charge in [0, 0.05) is 16.1 Å². The topological polar surface area (TPSA) is 55.4 Å². The Bertz CT molecular complexity index is 611. The SMILES string of the molecule is CSc1ccc(NC(=O)OCC(=O)c2ccccc2)cc1. The van der Waals surface area contributed by atoms with Crippen LogP contribution in [-0.4, -0.2) is 24.7 Å². The molecule has 1 N–H and O–H groups in total. The first-order valence-electron chi connectivity index (χ1n) is 6.35. The van der Waals surface area contributed by atoms with Crippen LogP contribution in [0.3, 0.4) is 0 Å². The van der Waals surface area contributed by atoms with E-state index < -0.39 is 6.09 Å². The summed E-state index contributed by atoms with van der Waals surface area (Å²) in [6.07, 6.45) is 1.34. The predicted octanol–water partition coefficient (Wildman–Crippen LogP) is 3.84. The Morgan fingerprint density at radius 1 is 1.05 bits per heavy atom. The van der Waals surface area contributed by atoms with Gasteiger partial charge in [0.2, 0.25) is 0 Å².